The molecule has 5 heteroatoms. The maximum Gasteiger partial charge on any atom is 0.230 e. The van der Waals surface area contributed by atoms with Crippen molar-refractivity contribution in [3.63, 3.8) is 0 Å². The Labute approximate surface area is 74.7 Å². The van der Waals surface area contributed by atoms with Gasteiger partial charge in [0.15, 0.2) is 0 Å². The second kappa shape index (κ2) is 2.48. The van der Waals surface area contributed by atoms with E-state index in [1.54, 1.807) is 13.2 Å². The molecule has 1 aliphatic rings. The van der Waals surface area contributed by atoms with E-state index in [2.05, 4.69) is 4.98 Å². The topological polar surface area (TPSA) is 38.1 Å². The van der Waals surface area contributed by atoms with Gasteiger partial charge in [0.1, 0.15) is 5.15 Å². The summed E-state index contributed by atoms with van der Waals surface area (Å²) in [5, 5.41) is 0.587. The fourth-order valence-corrected chi connectivity index (χ4v) is 1.52. The summed E-state index contributed by atoms with van der Waals surface area (Å²) < 4.78 is 1.82. The van der Waals surface area contributed by atoms with Gasteiger partial charge in [0, 0.05) is 20.0 Å². The van der Waals surface area contributed by atoms with Crippen molar-refractivity contribution < 1.29 is 4.79 Å². The number of carbonyl (C=O) groups excluding carboxylic acids is 1. The van der Waals surface area contributed by atoms with Crippen LogP contribution in [0.3, 0.4) is 0 Å². The number of anilines is 1. The van der Waals surface area contributed by atoms with Gasteiger partial charge in [0.2, 0.25) is 11.9 Å². The second-order valence-corrected chi connectivity index (χ2v) is 3.12. The van der Waals surface area contributed by atoms with Crippen LogP contribution in [-0.2, 0) is 11.3 Å². The number of hydrogen-bond acceptors (Lipinski definition) is 2. The van der Waals surface area contributed by atoms with E-state index in [1.807, 2.05) is 4.57 Å². The molecule has 64 valence electrons. The van der Waals surface area contributed by atoms with Gasteiger partial charge < -0.3 is 4.57 Å². The molecule has 0 spiro atoms. The number of hydrogen-bond donors (Lipinski definition) is 0. The van der Waals surface area contributed by atoms with Crippen molar-refractivity contribution in [3.05, 3.63) is 11.3 Å². The van der Waals surface area contributed by atoms with Crippen molar-refractivity contribution in [2.75, 3.05) is 11.9 Å². The Balaban J connectivity index is 2.50. The minimum Gasteiger partial charge on any atom is -0.300 e. The summed E-state index contributed by atoms with van der Waals surface area (Å²) in [5.41, 5.74) is 0. The lowest BCUT2D eigenvalue weighted by Crippen LogP contribution is -2.34. The highest BCUT2D eigenvalue weighted by Crippen LogP contribution is 2.23. The lowest BCUT2D eigenvalue weighted by Gasteiger charge is -2.23. The fourth-order valence-electron chi connectivity index (χ4n) is 1.31. The van der Waals surface area contributed by atoms with E-state index in [0.717, 1.165) is 0 Å². The summed E-state index contributed by atoms with van der Waals surface area (Å²) in [5.74, 6) is 0.723. The number of fused-ring (bicyclic) bond motifs is 1. The van der Waals surface area contributed by atoms with Crippen molar-refractivity contribution in [3.8, 4) is 0 Å². The zero-order chi connectivity index (χ0) is 8.72. The number of carbonyl (C=O) groups is 1. The summed E-state index contributed by atoms with van der Waals surface area (Å²) in [6.45, 7) is 0.636. The third kappa shape index (κ3) is 0.914. The number of amides is 1. The van der Waals surface area contributed by atoms with Crippen LogP contribution in [0, 0.1) is 0 Å². The van der Waals surface area contributed by atoms with E-state index in [9.17, 15) is 4.79 Å². The van der Waals surface area contributed by atoms with Crippen molar-refractivity contribution in [1.29, 1.82) is 0 Å². The zero-order valence-electron chi connectivity index (χ0n) is 6.62. The Bertz CT molecular complexity index is 333. The van der Waals surface area contributed by atoms with E-state index in [-0.39, 0.29) is 5.91 Å². The standard InChI is InChI=1S/C7H8ClN3O/c1-10-6(12)2-3-11-5(8)4-9-7(10)11/h4H,2-3H2,1H3. The van der Waals surface area contributed by atoms with Crippen molar-refractivity contribution in [2.24, 2.45) is 0 Å². The van der Waals surface area contributed by atoms with Crippen LogP contribution < -0.4 is 4.90 Å². The average molecular weight is 186 g/mol. The fraction of sp³-hybridized carbons (Fsp3) is 0.429. The Morgan fingerprint density at radius 1 is 1.67 bits per heavy atom. The van der Waals surface area contributed by atoms with Gasteiger partial charge in [0.25, 0.3) is 0 Å². The number of rotatable bonds is 0. The monoisotopic (exact) mass is 185 g/mol. The van der Waals surface area contributed by atoms with Crippen LogP contribution in [0.4, 0.5) is 5.95 Å². The van der Waals surface area contributed by atoms with Crippen LogP contribution in [0.2, 0.25) is 5.15 Å². The quantitative estimate of drug-likeness (QED) is 0.603. The van der Waals surface area contributed by atoms with Gasteiger partial charge in [-0.05, 0) is 0 Å². The smallest absolute Gasteiger partial charge is 0.230 e. The number of nitrogens with zero attached hydrogens (tertiary/aromatic N) is 3. The van der Waals surface area contributed by atoms with Gasteiger partial charge >= 0.3 is 0 Å². The Kier molecular flexibility index (Phi) is 1.58. The van der Waals surface area contributed by atoms with Gasteiger partial charge in [-0.2, -0.15) is 0 Å². The largest absolute Gasteiger partial charge is 0.300 e. The minimum atomic E-state index is 0.0877. The molecule has 12 heavy (non-hydrogen) atoms. The highest BCUT2D eigenvalue weighted by atomic mass is 35.5. The second-order valence-electron chi connectivity index (χ2n) is 2.74. The molecule has 1 amide bonds. The van der Waals surface area contributed by atoms with Crippen LogP contribution in [0.25, 0.3) is 0 Å². The Hall–Kier alpha value is -1.03. The number of halogens is 1. The third-order valence-corrected chi connectivity index (χ3v) is 2.31. The molecule has 0 saturated carbocycles. The normalized spacial score (nSPS) is 16.5. The highest BCUT2D eigenvalue weighted by Gasteiger charge is 2.23. The first kappa shape index (κ1) is 7.61. The Morgan fingerprint density at radius 2 is 2.42 bits per heavy atom. The Morgan fingerprint density at radius 3 is 3.17 bits per heavy atom. The van der Waals surface area contributed by atoms with E-state index < -0.39 is 0 Å². The van der Waals surface area contributed by atoms with Gasteiger partial charge in [-0.3, -0.25) is 9.69 Å². The SMILES string of the molecule is CN1C(=O)CCn2c(Cl)cnc21. The molecule has 1 aromatic rings. The van der Waals surface area contributed by atoms with E-state index >= 15 is 0 Å². The number of aromatic nitrogens is 2. The van der Waals surface area contributed by atoms with E-state index in [0.29, 0.717) is 24.1 Å². The molecule has 0 N–H and O–H groups in total. The first-order chi connectivity index (χ1) is 5.70. The van der Waals surface area contributed by atoms with Gasteiger partial charge in [-0.1, -0.05) is 11.6 Å². The molecule has 0 bridgehead atoms. The number of imidazole rings is 1. The summed E-state index contributed by atoms with van der Waals surface area (Å²) in [7, 11) is 1.71. The first-order valence-corrected chi connectivity index (χ1v) is 4.05. The maximum absolute atomic E-state index is 11.2. The summed E-state index contributed by atoms with van der Waals surface area (Å²) >= 11 is 5.83. The summed E-state index contributed by atoms with van der Waals surface area (Å²) in [4.78, 5) is 16.7. The average Bonchev–Trinajstić information content (AvgIpc) is 2.41. The molecule has 1 aromatic heterocycles. The zero-order valence-corrected chi connectivity index (χ0v) is 7.38. The molecule has 0 aliphatic carbocycles. The van der Waals surface area contributed by atoms with Gasteiger partial charge in [-0.25, -0.2) is 4.98 Å². The third-order valence-electron chi connectivity index (χ3n) is 2.01. The van der Waals surface area contributed by atoms with Gasteiger partial charge in [-0.15, -0.1) is 0 Å². The molecule has 0 aromatic carbocycles. The molecule has 0 radical (unpaired) electrons. The molecule has 0 atom stereocenters. The van der Waals surface area contributed by atoms with Crippen molar-refractivity contribution in [2.45, 2.75) is 13.0 Å². The summed E-state index contributed by atoms with van der Waals surface area (Å²) in [6.07, 6.45) is 2.06. The van der Waals surface area contributed by atoms with Crippen LogP contribution in [0.5, 0.6) is 0 Å². The minimum absolute atomic E-state index is 0.0877. The van der Waals surface area contributed by atoms with Crippen LogP contribution >= 0.6 is 11.6 Å². The van der Waals surface area contributed by atoms with E-state index in [1.165, 1.54) is 4.90 Å². The van der Waals surface area contributed by atoms with Crippen LogP contribution in [0.1, 0.15) is 6.42 Å². The lowest BCUT2D eigenvalue weighted by molar-refractivity contribution is -0.119. The van der Waals surface area contributed by atoms with E-state index in [4.69, 9.17) is 11.6 Å². The lowest BCUT2D eigenvalue weighted by atomic mass is 10.3. The molecule has 2 heterocycles. The van der Waals surface area contributed by atoms with Crippen LogP contribution in [-0.4, -0.2) is 22.5 Å². The van der Waals surface area contributed by atoms with Crippen molar-refractivity contribution >= 4 is 23.5 Å². The van der Waals surface area contributed by atoms with Crippen LogP contribution in [0.15, 0.2) is 6.20 Å². The maximum atomic E-state index is 11.2. The molecule has 0 saturated heterocycles. The predicted molar refractivity (Wildman–Crippen MR) is 45.3 cm³/mol. The molecule has 0 unspecified atom stereocenters. The predicted octanol–water partition coefficient (Wildman–Crippen LogP) is 0.903. The highest BCUT2D eigenvalue weighted by molar-refractivity contribution is 6.29. The molecule has 0 fully saturated rings. The molecule has 4 nitrogen and oxygen atoms in total. The molecule has 2 rings (SSSR count). The van der Waals surface area contributed by atoms with Gasteiger partial charge in [0.05, 0.1) is 6.20 Å². The molecular formula is C7H8ClN3O. The summed E-state index contributed by atoms with van der Waals surface area (Å²) in [6, 6.07) is 0. The molecular weight excluding hydrogens is 178 g/mol. The molecule has 1 aliphatic heterocycles. The first-order valence-electron chi connectivity index (χ1n) is 3.68. The van der Waals surface area contributed by atoms with Crippen molar-refractivity contribution in [1.82, 2.24) is 9.55 Å².